The normalized spacial score (nSPS) is 16.1. The Kier molecular flexibility index (Phi) is 6.92. The molecular formula is C11H21ClNO4+. The average Bonchev–Trinajstić information content (AvgIpc) is 2.13. The highest BCUT2D eigenvalue weighted by Crippen LogP contribution is 2.15. The Morgan fingerprint density at radius 3 is 2.12 bits per heavy atom. The first kappa shape index (κ1) is 16.6. The molecule has 0 bridgehead atoms. The fourth-order valence-corrected chi connectivity index (χ4v) is 1.33. The van der Waals surface area contributed by atoms with Crippen LogP contribution < -0.4 is 14.0 Å². The SMILES string of the molecule is C[N+](C)(C)CCC1=CCC=CC1.[O-][Cl+3]([O-])([O-])O. The summed E-state index contributed by atoms with van der Waals surface area (Å²) in [5, 5.41) is 0. The highest BCUT2D eigenvalue weighted by molar-refractivity contribution is 5.14. The molecule has 0 saturated heterocycles. The number of halogens is 1. The molecule has 1 aliphatic carbocycles. The summed E-state index contributed by atoms with van der Waals surface area (Å²) in [6, 6.07) is 0. The maximum absolute atomic E-state index is 8.60. The van der Waals surface area contributed by atoms with Crippen molar-refractivity contribution in [1.29, 1.82) is 0 Å². The molecule has 0 spiro atoms. The van der Waals surface area contributed by atoms with Crippen LogP contribution in [0.3, 0.4) is 0 Å². The Hall–Kier alpha value is -0.430. The summed E-state index contributed by atoms with van der Waals surface area (Å²) in [6.07, 6.45) is 10.5. The molecule has 0 aromatic heterocycles. The van der Waals surface area contributed by atoms with E-state index in [1.807, 2.05) is 0 Å². The van der Waals surface area contributed by atoms with E-state index >= 15 is 0 Å². The van der Waals surface area contributed by atoms with Gasteiger partial charge < -0.3 is 4.48 Å². The molecule has 0 heterocycles. The predicted molar refractivity (Wildman–Crippen MR) is 56.2 cm³/mol. The van der Waals surface area contributed by atoms with Crippen molar-refractivity contribution in [2.24, 2.45) is 0 Å². The van der Waals surface area contributed by atoms with Crippen molar-refractivity contribution in [3.8, 4) is 0 Å². The van der Waals surface area contributed by atoms with Crippen LogP contribution in [0.4, 0.5) is 0 Å². The van der Waals surface area contributed by atoms with Gasteiger partial charge >= 0.3 is 0 Å². The van der Waals surface area contributed by atoms with Gasteiger partial charge in [-0.05, 0) is 12.8 Å². The molecule has 0 aromatic rings. The molecule has 1 N–H and O–H groups in total. The molecule has 0 amide bonds. The molecule has 6 heteroatoms. The molecule has 0 atom stereocenters. The first-order valence-corrected chi connectivity index (χ1v) is 6.61. The van der Waals surface area contributed by atoms with Crippen LogP contribution in [0.5, 0.6) is 0 Å². The first-order chi connectivity index (χ1) is 7.58. The fourth-order valence-electron chi connectivity index (χ4n) is 1.33. The van der Waals surface area contributed by atoms with E-state index in [0.717, 1.165) is 10.9 Å². The van der Waals surface area contributed by atoms with Gasteiger partial charge in [0.15, 0.2) is 0 Å². The van der Waals surface area contributed by atoms with Crippen LogP contribution in [-0.4, -0.2) is 36.8 Å². The lowest BCUT2D eigenvalue weighted by Crippen LogP contribution is -2.58. The van der Waals surface area contributed by atoms with Crippen LogP contribution in [0, 0.1) is 10.2 Å². The van der Waals surface area contributed by atoms with Gasteiger partial charge in [-0.1, -0.05) is 23.8 Å². The lowest BCUT2D eigenvalue weighted by atomic mass is 10.0. The van der Waals surface area contributed by atoms with Crippen molar-refractivity contribution in [3.63, 3.8) is 0 Å². The number of allylic oxidation sites excluding steroid dienone is 3. The molecular weight excluding hydrogens is 246 g/mol. The minimum Gasteiger partial charge on any atom is -0.331 e. The molecule has 5 nitrogen and oxygen atoms in total. The van der Waals surface area contributed by atoms with Crippen LogP contribution in [0.1, 0.15) is 19.3 Å². The minimum absolute atomic E-state index is 1.07. The van der Waals surface area contributed by atoms with Crippen molar-refractivity contribution < 1.29 is 33.4 Å². The molecule has 0 aliphatic heterocycles. The molecule has 0 radical (unpaired) electrons. The lowest BCUT2D eigenvalue weighted by Gasteiger charge is -2.24. The van der Waals surface area contributed by atoms with Crippen LogP contribution in [0.15, 0.2) is 23.8 Å². The fraction of sp³-hybridized carbons (Fsp3) is 0.636. The minimum atomic E-state index is -4.69. The van der Waals surface area contributed by atoms with Gasteiger partial charge in [0, 0.05) is 6.42 Å². The Balaban J connectivity index is 0.000000437. The number of quaternary nitrogens is 1. The second-order valence-electron chi connectivity index (χ2n) is 4.93. The molecule has 1 aliphatic rings. The quantitative estimate of drug-likeness (QED) is 0.484. The van der Waals surface area contributed by atoms with E-state index in [0.29, 0.717) is 0 Å². The first-order valence-electron chi connectivity index (χ1n) is 5.34. The van der Waals surface area contributed by atoms with E-state index in [2.05, 4.69) is 39.4 Å². The third-order valence-corrected chi connectivity index (χ3v) is 2.19. The Labute approximate surface area is 105 Å². The summed E-state index contributed by atoms with van der Waals surface area (Å²) in [4.78, 5) is 0. The van der Waals surface area contributed by atoms with E-state index in [1.165, 1.54) is 19.4 Å². The summed E-state index contributed by atoms with van der Waals surface area (Å²) in [7, 11) is 2.05. The molecule has 0 aromatic carbocycles. The van der Waals surface area contributed by atoms with Crippen LogP contribution in [0.25, 0.3) is 0 Å². The maximum atomic E-state index is 8.60. The maximum Gasteiger partial charge on any atom is 0.0818 e. The molecule has 17 heavy (non-hydrogen) atoms. The van der Waals surface area contributed by atoms with Crippen molar-refractivity contribution >= 4 is 0 Å². The monoisotopic (exact) mass is 266 g/mol. The number of hydrogen-bond donors (Lipinski definition) is 1. The van der Waals surface area contributed by atoms with Crippen molar-refractivity contribution in [2.75, 3.05) is 27.7 Å². The van der Waals surface area contributed by atoms with Crippen molar-refractivity contribution in [2.45, 2.75) is 19.3 Å². The third kappa shape index (κ3) is 15.6. The Bertz CT molecular complexity index is 270. The number of rotatable bonds is 3. The molecule has 1 rings (SSSR count). The number of nitrogens with zero attached hydrogens (tertiary/aromatic N) is 1. The van der Waals surface area contributed by atoms with E-state index < -0.39 is 10.2 Å². The predicted octanol–water partition coefficient (Wildman–Crippen LogP) is -1.76. The van der Waals surface area contributed by atoms with Gasteiger partial charge in [0.05, 0.1) is 42.6 Å². The van der Waals surface area contributed by atoms with Gasteiger partial charge in [-0.25, -0.2) is 0 Å². The lowest BCUT2D eigenvalue weighted by molar-refractivity contribution is -1.92. The Morgan fingerprint density at radius 1 is 1.24 bits per heavy atom. The van der Waals surface area contributed by atoms with Crippen LogP contribution in [-0.2, 0) is 0 Å². The van der Waals surface area contributed by atoms with Gasteiger partial charge in [-0.2, -0.15) is 14.0 Å². The molecule has 0 saturated carbocycles. The zero-order valence-corrected chi connectivity index (χ0v) is 11.3. The standard InChI is InChI=1S/C11H20N.ClHO4/c1-12(2,3)10-9-11-7-5-4-6-8-11;2-1(3,4)5/h4-5,8H,6-7,9-10H2,1-3H3;(H,2,3,4,5)/q+1;. The second kappa shape index (κ2) is 7.10. The second-order valence-corrected chi connectivity index (χ2v) is 5.73. The largest absolute Gasteiger partial charge is 0.331 e. The molecule has 100 valence electrons. The van der Waals surface area contributed by atoms with E-state index in [9.17, 15) is 0 Å². The van der Waals surface area contributed by atoms with Gasteiger partial charge in [-0.15, -0.1) is 0 Å². The highest BCUT2D eigenvalue weighted by Gasteiger charge is 2.08. The molecule has 0 unspecified atom stereocenters. The van der Waals surface area contributed by atoms with Gasteiger partial charge in [0.1, 0.15) is 0 Å². The topological polar surface area (TPSA) is 89.4 Å². The summed E-state index contributed by atoms with van der Waals surface area (Å²) < 4.78 is 33.8. The highest BCUT2D eigenvalue weighted by atomic mass is 35.7. The molecule has 0 fully saturated rings. The van der Waals surface area contributed by atoms with Gasteiger partial charge in [0.25, 0.3) is 0 Å². The van der Waals surface area contributed by atoms with Crippen molar-refractivity contribution in [3.05, 3.63) is 23.8 Å². The zero-order valence-electron chi connectivity index (χ0n) is 10.6. The van der Waals surface area contributed by atoms with E-state index in [4.69, 9.17) is 18.6 Å². The van der Waals surface area contributed by atoms with Crippen LogP contribution >= 0.6 is 0 Å². The van der Waals surface area contributed by atoms with Crippen molar-refractivity contribution in [1.82, 2.24) is 0 Å². The van der Waals surface area contributed by atoms with Gasteiger partial charge in [-0.3, -0.25) is 0 Å². The number of hydrogen-bond acceptors (Lipinski definition) is 4. The summed E-state index contributed by atoms with van der Waals surface area (Å²) in [5.41, 5.74) is 1.62. The Morgan fingerprint density at radius 2 is 1.76 bits per heavy atom. The summed E-state index contributed by atoms with van der Waals surface area (Å²) >= 11 is 0. The third-order valence-electron chi connectivity index (χ3n) is 2.19. The van der Waals surface area contributed by atoms with E-state index in [1.54, 1.807) is 5.57 Å². The summed E-state index contributed by atoms with van der Waals surface area (Å²) in [5.74, 6) is 0. The summed E-state index contributed by atoms with van der Waals surface area (Å²) in [6.45, 7) is 1.25. The van der Waals surface area contributed by atoms with E-state index in [-0.39, 0.29) is 0 Å². The smallest absolute Gasteiger partial charge is 0.0818 e. The average molecular weight is 267 g/mol. The van der Waals surface area contributed by atoms with Gasteiger partial charge in [0.2, 0.25) is 0 Å². The zero-order chi connectivity index (χ0) is 13.5. The van der Waals surface area contributed by atoms with Crippen LogP contribution in [0.2, 0.25) is 0 Å².